The van der Waals surface area contributed by atoms with Crippen molar-refractivity contribution in [3.05, 3.63) is 85.1 Å². The molecule has 0 fully saturated rings. The molecule has 0 spiro atoms. The molecule has 70 heavy (non-hydrogen) atoms. The third kappa shape index (κ3) is 55.5. The number of esters is 3. The summed E-state index contributed by atoms with van der Waals surface area (Å²) in [7, 11) is 0. The Morgan fingerprint density at radius 3 is 0.943 bits per heavy atom. The third-order valence-corrected chi connectivity index (χ3v) is 12.6. The third-order valence-electron chi connectivity index (χ3n) is 12.6. The molecular weight excluding hydrogens is 865 g/mol. The summed E-state index contributed by atoms with van der Waals surface area (Å²) < 4.78 is 16.8. The summed E-state index contributed by atoms with van der Waals surface area (Å²) in [5.41, 5.74) is 0. The molecule has 1 unspecified atom stereocenters. The standard InChI is InChI=1S/C64H110O6/c1-4-7-10-13-16-19-22-24-26-28-29-30-31-32-33-34-35-37-38-40-42-45-48-51-54-57-63(66)69-60-61(59-68-62(65)56-53-50-47-44-21-18-15-12-9-6-3)70-64(67)58-55-52-49-46-43-41-39-36-27-25-23-20-17-14-11-8-5-2/h8,11-12,15,17,20,22,24-25,27-29,39,41,61H,4-7,9-10,13-14,16,18-19,21,23,26,30-38,40,42-60H2,1-3H3/b11-8-,15-12-,20-17-,24-22-,27-25-,29-28-,41-39-. The lowest BCUT2D eigenvalue weighted by atomic mass is 10.0. The van der Waals surface area contributed by atoms with Crippen LogP contribution >= 0.6 is 0 Å². The van der Waals surface area contributed by atoms with Gasteiger partial charge in [-0.15, -0.1) is 0 Å². The Kier molecular flexibility index (Phi) is 55.3. The van der Waals surface area contributed by atoms with Gasteiger partial charge in [0.25, 0.3) is 0 Å². The minimum atomic E-state index is -0.793. The van der Waals surface area contributed by atoms with Crippen molar-refractivity contribution in [1.29, 1.82) is 0 Å². The summed E-state index contributed by atoms with van der Waals surface area (Å²) in [6.45, 7) is 6.44. The summed E-state index contributed by atoms with van der Waals surface area (Å²) in [6, 6.07) is 0. The Morgan fingerprint density at radius 1 is 0.300 bits per heavy atom. The van der Waals surface area contributed by atoms with Gasteiger partial charge in [0.1, 0.15) is 13.2 Å². The van der Waals surface area contributed by atoms with E-state index in [1.807, 2.05) is 0 Å². The molecule has 0 heterocycles. The number of rotatable bonds is 53. The van der Waals surface area contributed by atoms with Crippen molar-refractivity contribution in [2.75, 3.05) is 13.2 Å². The molecule has 0 radical (unpaired) electrons. The predicted molar refractivity (Wildman–Crippen MR) is 302 cm³/mol. The molecule has 0 N–H and O–H groups in total. The highest BCUT2D eigenvalue weighted by Crippen LogP contribution is 2.15. The molecule has 0 aromatic rings. The van der Waals surface area contributed by atoms with Crippen molar-refractivity contribution in [2.24, 2.45) is 0 Å². The zero-order valence-electron chi connectivity index (χ0n) is 46.0. The summed E-state index contributed by atoms with van der Waals surface area (Å²) in [5, 5.41) is 0. The predicted octanol–water partition coefficient (Wildman–Crippen LogP) is 19.9. The van der Waals surface area contributed by atoms with Gasteiger partial charge in [0.2, 0.25) is 0 Å². The Balaban J connectivity index is 4.27. The minimum Gasteiger partial charge on any atom is -0.462 e. The topological polar surface area (TPSA) is 78.9 Å². The van der Waals surface area contributed by atoms with E-state index in [0.29, 0.717) is 19.3 Å². The van der Waals surface area contributed by atoms with Crippen molar-refractivity contribution < 1.29 is 28.6 Å². The van der Waals surface area contributed by atoms with Crippen LogP contribution in [0.4, 0.5) is 0 Å². The van der Waals surface area contributed by atoms with Crippen molar-refractivity contribution in [2.45, 2.75) is 290 Å². The number of ether oxygens (including phenoxy) is 3. The zero-order chi connectivity index (χ0) is 50.7. The van der Waals surface area contributed by atoms with Gasteiger partial charge in [-0.3, -0.25) is 14.4 Å². The number of hydrogen-bond donors (Lipinski definition) is 0. The average Bonchev–Trinajstić information content (AvgIpc) is 3.36. The quantitative estimate of drug-likeness (QED) is 0.0261. The van der Waals surface area contributed by atoms with Gasteiger partial charge in [0.15, 0.2) is 6.10 Å². The van der Waals surface area contributed by atoms with Crippen LogP contribution in [0.1, 0.15) is 284 Å². The van der Waals surface area contributed by atoms with Gasteiger partial charge in [-0.2, -0.15) is 0 Å². The van der Waals surface area contributed by atoms with E-state index < -0.39 is 6.10 Å². The Bertz CT molecular complexity index is 1350. The second-order valence-corrected chi connectivity index (χ2v) is 19.5. The van der Waals surface area contributed by atoms with E-state index in [-0.39, 0.29) is 31.1 Å². The average molecular weight is 976 g/mol. The van der Waals surface area contributed by atoms with Gasteiger partial charge in [-0.05, 0) is 109 Å². The maximum atomic E-state index is 12.8. The molecule has 0 aliphatic heterocycles. The molecule has 0 rings (SSSR count). The van der Waals surface area contributed by atoms with Crippen LogP contribution in [0.25, 0.3) is 0 Å². The van der Waals surface area contributed by atoms with E-state index in [1.54, 1.807) is 0 Å². The van der Waals surface area contributed by atoms with Crippen LogP contribution in [0.2, 0.25) is 0 Å². The lowest BCUT2D eigenvalue weighted by Crippen LogP contribution is -2.30. The maximum Gasteiger partial charge on any atom is 0.306 e. The number of allylic oxidation sites excluding steroid dienone is 14. The number of carbonyl (C=O) groups excluding carboxylic acids is 3. The Morgan fingerprint density at radius 2 is 0.586 bits per heavy atom. The molecule has 0 amide bonds. The number of carbonyl (C=O) groups is 3. The first kappa shape index (κ1) is 66.6. The second kappa shape index (κ2) is 58.2. The van der Waals surface area contributed by atoms with E-state index in [4.69, 9.17) is 14.2 Å². The minimum absolute atomic E-state index is 0.0891. The Labute approximate surface area is 433 Å². The van der Waals surface area contributed by atoms with Crippen LogP contribution in [0.15, 0.2) is 85.1 Å². The first-order valence-electron chi connectivity index (χ1n) is 29.6. The van der Waals surface area contributed by atoms with E-state index in [0.717, 1.165) is 122 Å². The first-order valence-corrected chi connectivity index (χ1v) is 29.6. The lowest BCUT2D eigenvalue weighted by Gasteiger charge is -2.18. The maximum absolute atomic E-state index is 12.8. The largest absolute Gasteiger partial charge is 0.462 e. The van der Waals surface area contributed by atoms with E-state index in [1.165, 1.54) is 122 Å². The molecule has 0 bridgehead atoms. The van der Waals surface area contributed by atoms with Gasteiger partial charge in [-0.25, -0.2) is 0 Å². The first-order chi connectivity index (χ1) is 34.5. The molecule has 0 saturated carbocycles. The van der Waals surface area contributed by atoms with Crippen molar-refractivity contribution in [1.82, 2.24) is 0 Å². The highest BCUT2D eigenvalue weighted by Gasteiger charge is 2.19. The van der Waals surface area contributed by atoms with Crippen LogP contribution in [-0.2, 0) is 28.6 Å². The molecule has 0 aromatic carbocycles. The molecule has 6 nitrogen and oxygen atoms in total. The van der Waals surface area contributed by atoms with Crippen LogP contribution in [0, 0.1) is 0 Å². The Hall–Kier alpha value is -3.41. The van der Waals surface area contributed by atoms with Crippen molar-refractivity contribution in [3.8, 4) is 0 Å². The van der Waals surface area contributed by atoms with Crippen molar-refractivity contribution >= 4 is 17.9 Å². The van der Waals surface area contributed by atoms with Crippen LogP contribution < -0.4 is 0 Å². The zero-order valence-corrected chi connectivity index (χ0v) is 46.0. The van der Waals surface area contributed by atoms with E-state index in [9.17, 15) is 14.4 Å². The fourth-order valence-corrected chi connectivity index (χ4v) is 8.17. The van der Waals surface area contributed by atoms with Crippen molar-refractivity contribution in [3.63, 3.8) is 0 Å². The summed E-state index contributed by atoms with van der Waals surface area (Å²) in [6.07, 6.45) is 75.9. The molecular formula is C64H110O6. The van der Waals surface area contributed by atoms with Gasteiger partial charge in [0, 0.05) is 19.3 Å². The SMILES string of the molecule is CC/C=C\C/C=C\C/C=C\C/C=C\CCCCCCC(=O)OC(COC(=O)CCCCCCC/C=C\CCC)COC(=O)CCCCCCCCCCCCCCC/C=C\C/C=C\CCCCCCC. The van der Waals surface area contributed by atoms with Gasteiger partial charge in [-0.1, -0.05) is 241 Å². The van der Waals surface area contributed by atoms with Crippen LogP contribution in [0.5, 0.6) is 0 Å². The lowest BCUT2D eigenvalue weighted by molar-refractivity contribution is -0.167. The second-order valence-electron chi connectivity index (χ2n) is 19.5. The highest BCUT2D eigenvalue weighted by atomic mass is 16.6. The normalized spacial score (nSPS) is 12.7. The van der Waals surface area contributed by atoms with Gasteiger partial charge in [0.05, 0.1) is 0 Å². The van der Waals surface area contributed by atoms with E-state index in [2.05, 4.69) is 106 Å². The van der Waals surface area contributed by atoms with Crippen LogP contribution in [-0.4, -0.2) is 37.2 Å². The molecule has 402 valence electrons. The fourth-order valence-electron chi connectivity index (χ4n) is 8.17. The number of hydrogen-bond acceptors (Lipinski definition) is 6. The van der Waals surface area contributed by atoms with Gasteiger partial charge < -0.3 is 14.2 Å². The molecule has 6 heteroatoms. The summed E-state index contributed by atoms with van der Waals surface area (Å²) in [5.74, 6) is -0.920. The monoisotopic (exact) mass is 975 g/mol. The highest BCUT2D eigenvalue weighted by molar-refractivity contribution is 5.71. The molecule has 0 aliphatic carbocycles. The van der Waals surface area contributed by atoms with E-state index >= 15 is 0 Å². The fraction of sp³-hybridized carbons (Fsp3) is 0.734. The molecule has 0 saturated heterocycles. The smallest absolute Gasteiger partial charge is 0.306 e. The van der Waals surface area contributed by atoms with Crippen LogP contribution in [0.3, 0.4) is 0 Å². The molecule has 0 aromatic heterocycles. The molecule has 0 aliphatic rings. The summed E-state index contributed by atoms with van der Waals surface area (Å²) >= 11 is 0. The summed E-state index contributed by atoms with van der Waals surface area (Å²) in [4.78, 5) is 38.1. The molecule has 1 atom stereocenters. The van der Waals surface area contributed by atoms with Gasteiger partial charge >= 0.3 is 17.9 Å². The number of unbranched alkanes of at least 4 members (excludes halogenated alkanes) is 28.